The molecule has 2 aliphatic carbocycles. The number of benzene rings is 1. The zero-order valence-corrected chi connectivity index (χ0v) is 47.2. The highest BCUT2D eigenvalue weighted by molar-refractivity contribution is 6.00. The molecular weight excluding hydrogens is 972 g/mol. The van der Waals surface area contributed by atoms with Crippen LogP contribution >= 0.6 is 24.8 Å². The summed E-state index contributed by atoms with van der Waals surface area (Å²) < 4.78 is 0. The van der Waals surface area contributed by atoms with Crippen LogP contribution in [0.2, 0.25) is 0 Å². The topological polar surface area (TPSA) is 222 Å². The van der Waals surface area contributed by atoms with Crippen molar-refractivity contribution in [2.24, 2.45) is 22.7 Å². The number of likely N-dealkylation sites (N-methyl/N-ethyl adjacent to an activating group) is 2. The number of carbonyl (C=O) groups is 7. The molecule has 5 rings (SSSR count). The van der Waals surface area contributed by atoms with Gasteiger partial charge >= 0.3 is 0 Å². The minimum atomic E-state index is -0.824. The van der Waals surface area contributed by atoms with E-state index < -0.39 is 41.0 Å². The van der Waals surface area contributed by atoms with Gasteiger partial charge in [-0.3, -0.25) is 33.6 Å². The van der Waals surface area contributed by atoms with Crippen LogP contribution in [0, 0.1) is 22.7 Å². The Labute approximate surface area is 448 Å². The lowest BCUT2D eigenvalue weighted by molar-refractivity contribution is -0.144. The molecule has 2 aliphatic heterocycles. The van der Waals surface area contributed by atoms with Crippen molar-refractivity contribution in [3.05, 3.63) is 35.4 Å². The van der Waals surface area contributed by atoms with Gasteiger partial charge in [0.2, 0.25) is 29.5 Å². The molecular formula is C54H92Cl2N10O7. The Hall–Kier alpha value is -4.03. The fraction of sp³-hybridized carbons (Fsp3) is 0.759. The highest BCUT2D eigenvalue weighted by atomic mass is 35.5. The van der Waals surface area contributed by atoms with E-state index in [2.05, 4.69) is 42.5 Å². The van der Waals surface area contributed by atoms with E-state index >= 15 is 0 Å². The fourth-order valence-corrected chi connectivity index (χ4v) is 10.9. The lowest BCUT2D eigenvalue weighted by Crippen LogP contribution is -2.60. The molecule has 2 unspecified atom stereocenters. The number of amides is 7. The number of rotatable bonds is 21. The summed E-state index contributed by atoms with van der Waals surface area (Å²) >= 11 is 0. The highest BCUT2D eigenvalue weighted by Crippen LogP contribution is 2.31. The molecule has 0 radical (unpaired) electrons. The first-order chi connectivity index (χ1) is 33.6. The number of likely N-dealkylation sites (tertiary alicyclic amines) is 2. The van der Waals surface area contributed by atoms with Crippen LogP contribution in [-0.2, 0) is 24.0 Å². The summed E-state index contributed by atoms with van der Waals surface area (Å²) in [5.41, 5.74) is -0.391. The van der Waals surface area contributed by atoms with Crippen molar-refractivity contribution >= 4 is 66.2 Å². The molecule has 7 amide bonds. The number of hydrogen-bond acceptors (Lipinski definition) is 10. The summed E-state index contributed by atoms with van der Waals surface area (Å²) in [5.74, 6) is -1.25. The molecule has 1 aromatic carbocycles. The Kier molecular flexibility index (Phi) is 25.4. The van der Waals surface area contributed by atoms with E-state index in [0.717, 1.165) is 70.6 Å². The van der Waals surface area contributed by atoms with E-state index in [0.29, 0.717) is 56.1 Å². The second kappa shape index (κ2) is 29.3. The van der Waals surface area contributed by atoms with Crippen molar-refractivity contribution in [2.45, 2.75) is 194 Å². The number of carbonyl (C=O) groups excluding carboxylic acids is 7. The SMILES string of the molecule is CN[C@@H](C)C(=O)N[C@H](C(=O)N1CCCC1CN[C@H](CNC(=O)c1cccc(C(=O)NC[C@@H](NC(=O)C2CCCN2C(=O)[C@@H](NC(=O)[C@H](C)NC)C(C)(C)C)C2CCCCC2)c1)C1CCCCC1)C(C)(C)C.Cl.Cl. The summed E-state index contributed by atoms with van der Waals surface area (Å²) in [6, 6.07) is 3.15. The molecule has 0 spiro atoms. The van der Waals surface area contributed by atoms with Crippen molar-refractivity contribution in [3.8, 4) is 0 Å². The smallest absolute Gasteiger partial charge is 0.251 e. The number of hydrogen-bond donors (Lipinski definition) is 8. The average molecular weight is 1060 g/mol. The van der Waals surface area contributed by atoms with Crippen LogP contribution in [-0.4, -0.2) is 146 Å². The monoisotopic (exact) mass is 1060 g/mol. The Bertz CT molecular complexity index is 1990. The van der Waals surface area contributed by atoms with Gasteiger partial charge in [0.1, 0.15) is 18.1 Å². The molecule has 8 atom stereocenters. The summed E-state index contributed by atoms with van der Waals surface area (Å²) in [5, 5.41) is 25.1. The predicted octanol–water partition coefficient (Wildman–Crippen LogP) is 4.85. The normalized spacial score (nSPS) is 21.2. The van der Waals surface area contributed by atoms with Gasteiger partial charge in [-0.05, 0) is 120 Å². The van der Waals surface area contributed by atoms with E-state index in [-0.39, 0.29) is 96.8 Å². The molecule has 4 aliphatic rings. The van der Waals surface area contributed by atoms with E-state index in [9.17, 15) is 33.6 Å². The van der Waals surface area contributed by atoms with Crippen molar-refractivity contribution in [3.63, 3.8) is 0 Å². The zero-order chi connectivity index (χ0) is 52.0. The predicted molar refractivity (Wildman–Crippen MR) is 292 cm³/mol. The Balaban J connectivity index is 0.00000703. The van der Waals surface area contributed by atoms with Crippen LogP contribution in [0.15, 0.2) is 24.3 Å². The molecule has 17 nitrogen and oxygen atoms in total. The van der Waals surface area contributed by atoms with Crippen LogP contribution in [0.1, 0.15) is 166 Å². The van der Waals surface area contributed by atoms with Crippen LogP contribution in [0.5, 0.6) is 0 Å². The van der Waals surface area contributed by atoms with Crippen molar-refractivity contribution in [2.75, 3.05) is 46.8 Å². The summed E-state index contributed by atoms with van der Waals surface area (Å²) in [6.07, 6.45) is 13.4. The van der Waals surface area contributed by atoms with Gasteiger partial charge in [0.25, 0.3) is 11.8 Å². The van der Waals surface area contributed by atoms with Crippen molar-refractivity contribution in [1.29, 1.82) is 0 Å². The quantitative estimate of drug-likeness (QED) is 0.0837. The number of halogens is 2. The Morgan fingerprint density at radius 3 is 1.49 bits per heavy atom. The molecule has 0 aromatic heterocycles. The molecule has 414 valence electrons. The third kappa shape index (κ3) is 17.8. The maximum atomic E-state index is 14.2. The Morgan fingerprint density at radius 2 is 1.01 bits per heavy atom. The van der Waals surface area contributed by atoms with Gasteiger partial charge in [-0.25, -0.2) is 0 Å². The molecule has 19 heteroatoms. The van der Waals surface area contributed by atoms with Crippen LogP contribution in [0.4, 0.5) is 0 Å². The van der Waals surface area contributed by atoms with Gasteiger partial charge in [-0.2, -0.15) is 0 Å². The van der Waals surface area contributed by atoms with Crippen molar-refractivity contribution in [1.82, 2.24) is 52.3 Å². The highest BCUT2D eigenvalue weighted by Gasteiger charge is 2.44. The van der Waals surface area contributed by atoms with E-state index in [1.54, 1.807) is 57.1 Å². The minimum absolute atomic E-state index is 0. The first-order valence-corrected chi connectivity index (χ1v) is 26.9. The van der Waals surface area contributed by atoms with Gasteiger partial charge in [-0.15, -0.1) is 24.8 Å². The van der Waals surface area contributed by atoms with Gasteiger partial charge in [0.15, 0.2) is 0 Å². The first kappa shape index (κ1) is 63.3. The van der Waals surface area contributed by atoms with Crippen LogP contribution in [0.3, 0.4) is 0 Å². The Morgan fingerprint density at radius 1 is 0.575 bits per heavy atom. The van der Waals surface area contributed by atoms with Crippen LogP contribution in [0.25, 0.3) is 0 Å². The zero-order valence-electron chi connectivity index (χ0n) is 45.6. The van der Waals surface area contributed by atoms with E-state index in [1.807, 2.05) is 46.4 Å². The summed E-state index contributed by atoms with van der Waals surface area (Å²) in [7, 11) is 3.41. The lowest BCUT2D eigenvalue weighted by Gasteiger charge is -2.37. The fourth-order valence-electron chi connectivity index (χ4n) is 10.9. The molecule has 0 bridgehead atoms. The molecule has 4 fully saturated rings. The van der Waals surface area contributed by atoms with Crippen molar-refractivity contribution < 1.29 is 33.6 Å². The van der Waals surface area contributed by atoms with E-state index in [1.165, 1.54) is 6.42 Å². The second-order valence-electron chi connectivity index (χ2n) is 23.1. The van der Waals surface area contributed by atoms with Gasteiger partial charge in [-0.1, -0.05) is 86.1 Å². The van der Waals surface area contributed by atoms with Gasteiger partial charge in [0, 0.05) is 62.0 Å². The maximum absolute atomic E-state index is 14.2. The second-order valence-corrected chi connectivity index (χ2v) is 23.1. The summed E-state index contributed by atoms with van der Waals surface area (Å²) in [4.78, 5) is 99.6. The number of nitrogens with one attached hydrogen (secondary N) is 8. The first-order valence-electron chi connectivity index (χ1n) is 26.9. The average Bonchev–Trinajstić information content (AvgIpc) is 4.06. The maximum Gasteiger partial charge on any atom is 0.251 e. The molecule has 2 heterocycles. The van der Waals surface area contributed by atoms with Gasteiger partial charge < -0.3 is 52.3 Å². The third-order valence-corrected chi connectivity index (χ3v) is 15.7. The lowest BCUT2D eigenvalue weighted by atomic mass is 9.83. The molecule has 73 heavy (non-hydrogen) atoms. The largest absolute Gasteiger partial charge is 0.350 e. The molecule has 2 saturated carbocycles. The number of nitrogens with zero attached hydrogens (tertiary/aromatic N) is 2. The standard InChI is InChI=1S/C54H90N10O7.2ClH/c1-34(55-9)46(65)61-44(53(3,4)5)51(70)63-28-18-26-40(63)31-57-41(36-20-13-11-14-21-36)32-58-48(67)38-24-17-25-39(30-38)49(68)59-33-42(37-22-15-12-16-23-37)60-50(69)43-27-19-29-64(43)52(71)45(54(6,7)8)62-47(66)35(2)56-10;;/h17,24-25,30,34-37,40-45,55-57H,11-16,18-23,26-29,31-33H2,1-10H3,(H,58,67)(H,59,68)(H,60,69)(H,61,65)(H,62,66);2*1H/t34-,35-,40?,41+,42+,43?,44+,45+;;/m0../s1. The molecule has 2 saturated heterocycles. The van der Waals surface area contributed by atoms with E-state index in [4.69, 9.17) is 0 Å². The van der Waals surface area contributed by atoms with Crippen LogP contribution < -0.4 is 42.5 Å². The molecule has 1 aromatic rings. The van der Waals surface area contributed by atoms with Gasteiger partial charge in [0.05, 0.1) is 12.1 Å². The molecule has 8 N–H and O–H groups in total. The third-order valence-electron chi connectivity index (χ3n) is 15.7. The summed E-state index contributed by atoms with van der Waals surface area (Å²) in [6.45, 7) is 17.3. The minimum Gasteiger partial charge on any atom is -0.350 e.